The number of esters is 1. The molecule has 0 spiro atoms. The van der Waals surface area contributed by atoms with Crippen LogP contribution in [0, 0.1) is 6.92 Å². The van der Waals surface area contributed by atoms with Crippen LogP contribution >= 0.6 is 23.1 Å². The van der Waals surface area contributed by atoms with Crippen LogP contribution in [0.3, 0.4) is 0 Å². The SMILES string of the molecule is COC(=O)Cn1c(=NC(=O)CCCSCc2ccccc2)sc2cc(C)ccc21. The van der Waals surface area contributed by atoms with Crippen molar-refractivity contribution < 1.29 is 14.3 Å². The normalized spacial score (nSPS) is 11.7. The molecule has 0 aliphatic carbocycles. The van der Waals surface area contributed by atoms with Gasteiger partial charge in [-0.15, -0.1) is 0 Å². The molecule has 3 aromatic rings. The molecule has 0 saturated carbocycles. The van der Waals surface area contributed by atoms with E-state index in [0.29, 0.717) is 11.2 Å². The van der Waals surface area contributed by atoms with Gasteiger partial charge >= 0.3 is 5.97 Å². The maximum absolute atomic E-state index is 12.4. The van der Waals surface area contributed by atoms with Crippen molar-refractivity contribution in [3.05, 3.63) is 64.5 Å². The molecular formula is C22H24N2O3S2. The van der Waals surface area contributed by atoms with Crippen molar-refractivity contribution in [3.8, 4) is 0 Å². The number of hydrogen-bond acceptors (Lipinski definition) is 5. The third kappa shape index (κ3) is 6.05. The van der Waals surface area contributed by atoms with Gasteiger partial charge in [-0.05, 0) is 42.4 Å². The van der Waals surface area contributed by atoms with Gasteiger partial charge in [0, 0.05) is 12.2 Å². The maximum atomic E-state index is 12.4. The molecule has 2 aromatic carbocycles. The van der Waals surface area contributed by atoms with Crippen LogP contribution in [0.1, 0.15) is 24.0 Å². The Morgan fingerprint density at radius 2 is 1.97 bits per heavy atom. The van der Waals surface area contributed by atoms with Crippen molar-refractivity contribution >= 4 is 45.2 Å². The highest BCUT2D eigenvalue weighted by Crippen LogP contribution is 2.19. The summed E-state index contributed by atoms with van der Waals surface area (Å²) in [6.45, 7) is 2.05. The summed E-state index contributed by atoms with van der Waals surface area (Å²) in [4.78, 5) is 29.1. The molecule has 7 heteroatoms. The van der Waals surface area contributed by atoms with E-state index >= 15 is 0 Å². The lowest BCUT2D eigenvalue weighted by molar-refractivity contribution is -0.141. The average Bonchev–Trinajstić information content (AvgIpc) is 3.04. The second-order valence-electron chi connectivity index (χ2n) is 6.67. The van der Waals surface area contributed by atoms with Crippen LogP contribution in [-0.4, -0.2) is 29.3 Å². The van der Waals surface area contributed by atoms with E-state index in [1.807, 2.05) is 55.1 Å². The van der Waals surface area contributed by atoms with Gasteiger partial charge in [0.2, 0.25) is 5.91 Å². The summed E-state index contributed by atoms with van der Waals surface area (Å²) in [5.41, 5.74) is 3.30. The van der Waals surface area contributed by atoms with Crippen LogP contribution < -0.4 is 4.80 Å². The fourth-order valence-electron chi connectivity index (χ4n) is 2.86. The lowest BCUT2D eigenvalue weighted by Crippen LogP contribution is -2.22. The van der Waals surface area contributed by atoms with Crippen LogP contribution in [-0.2, 0) is 26.6 Å². The van der Waals surface area contributed by atoms with Gasteiger partial charge in [0.15, 0.2) is 4.80 Å². The first-order chi connectivity index (χ1) is 14.1. The fraction of sp³-hybridized carbons (Fsp3) is 0.318. The Labute approximate surface area is 178 Å². The molecule has 3 rings (SSSR count). The molecule has 0 saturated heterocycles. The first-order valence-electron chi connectivity index (χ1n) is 9.43. The molecule has 0 aliphatic heterocycles. The zero-order valence-corrected chi connectivity index (χ0v) is 18.2. The first kappa shape index (κ1) is 21.3. The number of carbonyl (C=O) groups excluding carboxylic acids is 2. The van der Waals surface area contributed by atoms with Crippen molar-refractivity contribution in [1.29, 1.82) is 0 Å². The number of carbonyl (C=O) groups is 2. The molecule has 0 radical (unpaired) electrons. The molecule has 5 nitrogen and oxygen atoms in total. The summed E-state index contributed by atoms with van der Waals surface area (Å²) in [5, 5.41) is 0. The van der Waals surface area contributed by atoms with Crippen LogP contribution in [0.2, 0.25) is 0 Å². The van der Waals surface area contributed by atoms with Crippen molar-refractivity contribution in [2.75, 3.05) is 12.9 Å². The van der Waals surface area contributed by atoms with E-state index in [1.54, 1.807) is 4.57 Å². The molecule has 1 heterocycles. The fourth-order valence-corrected chi connectivity index (χ4v) is 4.93. The van der Waals surface area contributed by atoms with E-state index in [-0.39, 0.29) is 18.4 Å². The molecular weight excluding hydrogens is 404 g/mol. The molecule has 1 aromatic heterocycles. The zero-order valence-electron chi connectivity index (χ0n) is 16.6. The summed E-state index contributed by atoms with van der Waals surface area (Å²) in [6.07, 6.45) is 1.17. The van der Waals surface area contributed by atoms with Gasteiger partial charge in [-0.25, -0.2) is 0 Å². The number of thioether (sulfide) groups is 1. The first-order valence-corrected chi connectivity index (χ1v) is 11.4. The smallest absolute Gasteiger partial charge is 0.325 e. The number of benzene rings is 2. The van der Waals surface area contributed by atoms with Gasteiger partial charge in [0.1, 0.15) is 6.54 Å². The molecule has 0 N–H and O–H groups in total. The Morgan fingerprint density at radius 1 is 1.17 bits per heavy atom. The molecule has 1 amide bonds. The average molecular weight is 429 g/mol. The van der Waals surface area contributed by atoms with E-state index in [0.717, 1.165) is 33.7 Å². The summed E-state index contributed by atoms with van der Waals surface area (Å²) in [7, 11) is 1.36. The summed E-state index contributed by atoms with van der Waals surface area (Å²) in [6, 6.07) is 16.3. The van der Waals surface area contributed by atoms with Crippen LogP contribution in [0.15, 0.2) is 53.5 Å². The van der Waals surface area contributed by atoms with E-state index in [4.69, 9.17) is 4.74 Å². The van der Waals surface area contributed by atoms with E-state index in [2.05, 4.69) is 17.1 Å². The highest BCUT2D eigenvalue weighted by Gasteiger charge is 2.12. The van der Waals surface area contributed by atoms with Crippen LogP contribution in [0.4, 0.5) is 0 Å². The summed E-state index contributed by atoms with van der Waals surface area (Å²) < 4.78 is 7.56. The van der Waals surface area contributed by atoms with Crippen molar-refractivity contribution in [3.63, 3.8) is 0 Å². The Balaban J connectivity index is 1.65. The van der Waals surface area contributed by atoms with Crippen LogP contribution in [0.25, 0.3) is 10.2 Å². The molecule has 0 atom stereocenters. The summed E-state index contributed by atoms with van der Waals surface area (Å²) in [5.74, 6) is 1.33. The molecule has 0 fully saturated rings. The van der Waals surface area contributed by atoms with Gasteiger partial charge in [0.05, 0.1) is 17.3 Å². The minimum absolute atomic E-state index is 0.0403. The number of ether oxygens (including phenoxy) is 1. The minimum Gasteiger partial charge on any atom is -0.468 e. The number of aromatic nitrogens is 1. The highest BCUT2D eigenvalue weighted by atomic mass is 32.2. The number of amides is 1. The zero-order chi connectivity index (χ0) is 20.6. The van der Waals surface area contributed by atoms with Gasteiger partial charge in [0.25, 0.3) is 0 Å². The minimum atomic E-state index is -0.364. The summed E-state index contributed by atoms with van der Waals surface area (Å²) >= 11 is 3.24. The van der Waals surface area contributed by atoms with Gasteiger partial charge in [-0.1, -0.05) is 47.7 Å². The maximum Gasteiger partial charge on any atom is 0.325 e. The Bertz CT molecular complexity index is 1050. The number of aryl methyl sites for hydroxylation is 1. The van der Waals surface area contributed by atoms with Gasteiger partial charge in [-0.2, -0.15) is 16.8 Å². The third-order valence-corrected chi connectivity index (χ3v) is 6.52. The second-order valence-corrected chi connectivity index (χ2v) is 8.78. The quantitative estimate of drug-likeness (QED) is 0.396. The predicted octanol–water partition coefficient (Wildman–Crippen LogP) is 4.33. The highest BCUT2D eigenvalue weighted by molar-refractivity contribution is 7.98. The monoisotopic (exact) mass is 428 g/mol. The predicted molar refractivity (Wildman–Crippen MR) is 119 cm³/mol. The van der Waals surface area contributed by atoms with Crippen molar-refractivity contribution in [2.45, 2.75) is 32.1 Å². The number of hydrogen-bond donors (Lipinski definition) is 0. The number of rotatable bonds is 8. The van der Waals surface area contributed by atoms with E-state index < -0.39 is 0 Å². The Hall–Kier alpha value is -2.38. The van der Waals surface area contributed by atoms with Gasteiger partial charge < -0.3 is 9.30 Å². The molecule has 0 aliphatic rings. The lowest BCUT2D eigenvalue weighted by atomic mass is 10.2. The van der Waals surface area contributed by atoms with E-state index in [9.17, 15) is 9.59 Å². The molecule has 0 unspecified atom stereocenters. The number of thiazole rings is 1. The third-order valence-electron chi connectivity index (χ3n) is 4.36. The standard InChI is InChI=1S/C22H24N2O3S2/c1-16-10-11-18-19(13-16)29-22(24(18)14-21(26)27-2)23-20(25)9-6-12-28-15-17-7-4-3-5-8-17/h3-5,7-8,10-11,13H,6,9,12,14-15H2,1-2H3. The molecule has 29 heavy (non-hydrogen) atoms. The number of nitrogens with zero attached hydrogens (tertiary/aromatic N) is 2. The lowest BCUT2D eigenvalue weighted by Gasteiger charge is -2.04. The van der Waals surface area contributed by atoms with Crippen molar-refractivity contribution in [1.82, 2.24) is 4.57 Å². The second kappa shape index (κ2) is 10.4. The molecule has 0 bridgehead atoms. The van der Waals surface area contributed by atoms with E-state index in [1.165, 1.54) is 24.0 Å². The van der Waals surface area contributed by atoms with Crippen molar-refractivity contribution in [2.24, 2.45) is 4.99 Å². The van der Waals surface area contributed by atoms with Gasteiger partial charge in [-0.3, -0.25) is 9.59 Å². The number of methoxy groups -OCH3 is 1. The largest absolute Gasteiger partial charge is 0.468 e. The molecule has 152 valence electrons. The number of fused-ring (bicyclic) bond motifs is 1. The Morgan fingerprint density at radius 3 is 2.72 bits per heavy atom. The Kier molecular flexibility index (Phi) is 7.66. The van der Waals surface area contributed by atoms with Crippen LogP contribution in [0.5, 0.6) is 0 Å². The topological polar surface area (TPSA) is 60.7 Å².